The fraction of sp³-hybridized carbons (Fsp3) is 0.667. The van der Waals surface area contributed by atoms with Crippen LogP contribution in [0, 0.1) is 0 Å². The zero-order valence-corrected chi connectivity index (χ0v) is 10.9. The molecule has 1 aliphatic heterocycles. The average Bonchev–Trinajstić information content (AvgIpc) is 2.59. The molecule has 0 bridgehead atoms. The first-order chi connectivity index (χ1) is 8.56. The van der Waals surface area contributed by atoms with Crippen LogP contribution in [0.5, 0.6) is 0 Å². The topological polar surface area (TPSA) is 61.6 Å². The van der Waals surface area contributed by atoms with Gasteiger partial charge in [-0.15, -0.1) is 0 Å². The summed E-state index contributed by atoms with van der Waals surface area (Å²) in [5.74, 6) is 0.992. The number of carbonyl (C=O) groups excluding carboxylic acids is 1. The van der Waals surface area contributed by atoms with Crippen molar-refractivity contribution < 1.29 is 9.90 Å². The van der Waals surface area contributed by atoms with Crippen LogP contribution in [0.2, 0.25) is 0 Å². The molecule has 0 radical (unpaired) electrons. The molecule has 0 spiro atoms. The number of β-amino-alcohol motifs (C(OH)–C–C–N with tert-alkyl or cyclic N) is 1. The molecule has 1 aromatic rings. The molecule has 1 fully saturated rings. The smallest absolute Gasteiger partial charge is 0.219 e. The molecule has 100 valence electrons. The van der Waals surface area contributed by atoms with Crippen molar-refractivity contribution >= 4 is 5.91 Å². The van der Waals surface area contributed by atoms with Crippen molar-refractivity contribution in [3.05, 3.63) is 18.2 Å². The van der Waals surface area contributed by atoms with E-state index in [4.69, 9.17) is 0 Å². The molecule has 0 unspecified atom stereocenters. The molecule has 0 saturated carbocycles. The van der Waals surface area contributed by atoms with Gasteiger partial charge in [0.2, 0.25) is 5.91 Å². The first-order valence-corrected chi connectivity index (χ1v) is 6.18. The molecule has 6 nitrogen and oxygen atoms in total. The van der Waals surface area contributed by atoms with Gasteiger partial charge in [0, 0.05) is 52.5 Å². The number of carbonyl (C=O) groups is 1. The molecule has 18 heavy (non-hydrogen) atoms. The van der Waals surface area contributed by atoms with Crippen molar-refractivity contribution in [1.82, 2.24) is 19.4 Å². The Kier molecular flexibility index (Phi) is 3.98. The summed E-state index contributed by atoms with van der Waals surface area (Å²) in [7, 11) is 1.96. The number of aliphatic hydroxyl groups is 1. The summed E-state index contributed by atoms with van der Waals surface area (Å²) in [6, 6.07) is 0. The number of aliphatic hydroxyl groups excluding tert-OH is 1. The molecule has 0 aromatic carbocycles. The quantitative estimate of drug-likeness (QED) is 0.767. The average molecular weight is 252 g/mol. The third kappa shape index (κ3) is 3.08. The lowest BCUT2D eigenvalue weighted by atomic mass is 10.3. The lowest BCUT2D eigenvalue weighted by Crippen LogP contribution is -2.36. The number of rotatable bonds is 2. The Labute approximate surface area is 107 Å². The van der Waals surface area contributed by atoms with Gasteiger partial charge >= 0.3 is 0 Å². The Morgan fingerprint density at radius 1 is 1.50 bits per heavy atom. The SMILES string of the molecule is CC(=O)N1CCN(Cc2nccn2C)C[C@H](O)C1. The van der Waals surface area contributed by atoms with E-state index in [1.165, 1.54) is 0 Å². The van der Waals surface area contributed by atoms with E-state index in [0.29, 0.717) is 26.2 Å². The monoisotopic (exact) mass is 252 g/mol. The van der Waals surface area contributed by atoms with E-state index in [1.807, 2.05) is 17.8 Å². The second-order valence-corrected chi connectivity index (χ2v) is 4.81. The van der Waals surface area contributed by atoms with Crippen LogP contribution in [0.1, 0.15) is 12.7 Å². The van der Waals surface area contributed by atoms with Crippen molar-refractivity contribution in [2.24, 2.45) is 7.05 Å². The van der Waals surface area contributed by atoms with Crippen LogP contribution in [-0.4, -0.2) is 62.6 Å². The van der Waals surface area contributed by atoms with E-state index in [1.54, 1.807) is 18.0 Å². The van der Waals surface area contributed by atoms with Crippen LogP contribution in [0.4, 0.5) is 0 Å². The van der Waals surface area contributed by atoms with Crippen LogP contribution < -0.4 is 0 Å². The van der Waals surface area contributed by atoms with Crippen molar-refractivity contribution in [2.75, 3.05) is 26.2 Å². The highest BCUT2D eigenvalue weighted by molar-refractivity contribution is 5.73. The van der Waals surface area contributed by atoms with E-state index in [-0.39, 0.29) is 5.91 Å². The number of nitrogens with zero attached hydrogens (tertiary/aromatic N) is 4. The Hall–Kier alpha value is -1.40. The molecule has 2 heterocycles. The van der Waals surface area contributed by atoms with Gasteiger partial charge in [-0.05, 0) is 0 Å². The van der Waals surface area contributed by atoms with Gasteiger partial charge in [0.05, 0.1) is 12.6 Å². The number of aryl methyl sites for hydroxylation is 1. The zero-order chi connectivity index (χ0) is 13.1. The maximum Gasteiger partial charge on any atom is 0.219 e. The highest BCUT2D eigenvalue weighted by Gasteiger charge is 2.23. The summed E-state index contributed by atoms with van der Waals surface area (Å²) in [5.41, 5.74) is 0. The summed E-state index contributed by atoms with van der Waals surface area (Å²) >= 11 is 0. The van der Waals surface area contributed by atoms with Crippen molar-refractivity contribution in [3.8, 4) is 0 Å². The summed E-state index contributed by atoms with van der Waals surface area (Å²) in [5, 5.41) is 9.91. The van der Waals surface area contributed by atoms with E-state index in [2.05, 4.69) is 9.88 Å². The normalized spacial score (nSPS) is 21.9. The standard InChI is InChI=1S/C12H20N4O2/c1-10(17)16-6-5-15(7-11(18)8-16)9-12-13-3-4-14(12)2/h3-4,11,18H,5-9H2,1-2H3/t11-/m0/s1. The van der Waals surface area contributed by atoms with Crippen molar-refractivity contribution in [1.29, 1.82) is 0 Å². The minimum atomic E-state index is -0.489. The van der Waals surface area contributed by atoms with Crippen LogP contribution in [0.25, 0.3) is 0 Å². The van der Waals surface area contributed by atoms with Crippen molar-refractivity contribution in [2.45, 2.75) is 19.6 Å². The minimum absolute atomic E-state index is 0.0212. The number of aromatic nitrogens is 2. The van der Waals surface area contributed by atoms with Gasteiger partial charge in [-0.25, -0.2) is 4.98 Å². The van der Waals surface area contributed by atoms with E-state index >= 15 is 0 Å². The third-order valence-corrected chi connectivity index (χ3v) is 3.32. The Balaban J connectivity index is 1.98. The lowest BCUT2D eigenvalue weighted by molar-refractivity contribution is -0.129. The molecule has 1 aromatic heterocycles. The fourth-order valence-corrected chi connectivity index (χ4v) is 2.23. The number of hydrogen-bond acceptors (Lipinski definition) is 4. The summed E-state index contributed by atoms with van der Waals surface area (Å²) in [6.07, 6.45) is 3.19. The maximum absolute atomic E-state index is 11.4. The Bertz CT molecular complexity index is 418. The van der Waals surface area contributed by atoms with Crippen molar-refractivity contribution in [3.63, 3.8) is 0 Å². The van der Waals surface area contributed by atoms with E-state index < -0.39 is 6.10 Å². The number of hydrogen-bond donors (Lipinski definition) is 1. The summed E-state index contributed by atoms with van der Waals surface area (Å²) < 4.78 is 1.97. The van der Waals surface area contributed by atoms with Gasteiger partial charge in [0.15, 0.2) is 0 Å². The van der Waals surface area contributed by atoms with E-state index in [0.717, 1.165) is 12.4 Å². The molecule has 0 aliphatic carbocycles. The second-order valence-electron chi connectivity index (χ2n) is 4.81. The molecule has 6 heteroatoms. The van der Waals surface area contributed by atoms with Crippen LogP contribution in [0.15, 0.2) is 12.4 Å². The van der Waals surface area contributed by atoms with Crippen LogP contribution >= 0.6 is 0 Å². The van der Waals surface area contributed by atoms with E-state index in [9.17, 15) is 9.90 Å². The van der Waals surface area contributed by atoms with Crippen LogP contribution in [0.3, 0.4) is 0 Å². The third-order valence-electron chi connectivity index (χ3n) is 3.32. The van der Waals surface area contributed by atoms with Gasteiger partial charge in [-0.3, -0.25) is 9.69 Å². The Morgan fingerprint density at radius 3 is 2.89 bits per heavy atom. The molecule has 1 atom stereocenters. The lowest BCUT2D eigenvalue weighted by Gasteiger charge is -2.20. The minimum Gasteiger partial charge on any atom is -0.390 e. The summed E-state index contributed by atoms with van der Waals surface area (Å²) in [4.78, 5) is 19.5. The second kappa shape index (κ2) is 5.49. The van der Waals surface area contributed by atoms with Gasteiger partial charge in [0.1, 0.15) is 5.82 Å². The Morgan fingerprint density at radius 2 is 2.28 bits per heavy atom. The fourth-order valence-electron chi connectivity index (χ4n) is 2.23. The van der Waals surface area contributed by atoms with Gasteiger partial charge < -0.3 is 14.6 Å². The zero-order valence-electron chi connectivity index (χ0n) is 10.9. The largest absolute Gasteiger partial charge is 0.390 e. The number of amides is 1. The van der Waals surface area contributed by atoms with Gasteiger partial charge in [0.25, 0.3) is 0 Å². The highest BCUT2D eigenvalue weighted by Crippen LogP contribution is 2.08. The first kappa shape index (κ1) is 13.0. The van der Waals surface area contributed by atoms with Crippen LogP contribution in [-0.2, 0) is 18.4 Å². The first-order valence-electron chi connectivity index (χ1n) is 6.18. The maximum atomic E-state index is 11.4. The molecule has 1 amide bonds. The molecule has 2 rings (SSSR count). The predicted octanol–water partition coefficient (Wildman–Crippen LogP) is -0.555. The van der Waals surface area contributed by atoms with Gasteiger partial charge in [-0.2, -0.15) is 0 Å². The molecular formula is C12H20N4O2. The van der Waals surface area contributed by atoms with Gasteiger partial charge in [-0.1, -0.05) is 0 Å². The predicted molar refractivity (Wildman–Crippen MR) is 66.7 cm³/mol. The molecular weight excluding hydrogens is 232 g/mol. The summed E-state index contributed by atoms with van der Waals surface area (Å²) in [6.45, 7) is 4.68. The number of imidazole rings is 1. The molecule has 1 aliphatic rings. The molecule has 1 N–H and O–H groups in total. The molecule has 1 saturated heterocycles. The highest BCUT2D eigenvalue weighted by atomic mass is 16.3.